The van der Waals surface area contributed by atoms with Crippen LogP contribution < -0.4 is 15.6 Å². The van der Waals surface area contributed by atoms with E-state index >= 15 is 0 Å². The number of aromatic nitrogens is 3. The van der Waals surface area contributed by atoms with Gasteiger partial charge in [-0.15, -0.1) is 11.3 Å². The molecular formula is C17H16N4O3S. The van der Waals surface area contributed by atoms with E-state index < -0.39 is 0 Å². The highest BCUT2D eigenvalue weighted by molar-refractivity contribution is 7.13. The van der Waals surface area contributed by atoms with Gasteiger partial charge in [-0.2, -0.15) is 5.10 Å². The second kappa shape index (κ2) is 7.71. The molecule has 0 radical (unpaired) electrons. The molecule has 0 fully saturated rings. The Morgan fingerprint density at radius 3 is 2.92 bits per heavy atom. The maximum atomic E-state index is 12.2. The third-order valence-corrected chi connectivity index (χ3v) is 4.35. The van der Waals surface area contributed by atoms with E-state index in [0.29, 0.717) is 5.56 Å². The molecule has 128 valence electrons. The summed E-state index contributed by atoms with van der Waals surface area (Å²) < 4.78 is 6.41. The summed E-state index contributed by atoms with van der Waals surface area (Å²) in [6.45, 7) is 0.532. The first kappa shape index (κ1) is 16.8. The molecule has 0 saturated carbocycles. The van der Waals surface area contributed by atoms with Crippen LogP contribution in [-0.2, 0) is 6.54 Å². The maximum Gasteiger partial charge on any atom is 0.266 e. The molecule has 3 aromatic heterocycles. The van der Waals surface area contributed by atoms with Gasteiger partial charge in [0, 0.05) is 18.8 Å². The first-order chi connectivity index (χ1) is 12.2. The van der Waals surface area contributed by atoms with E-state index in [0.717, 1.165) is 10.6 Å². The highest BCUT2D eigenvalue weighted by Gasteiger charge is 2.12. The number of carbonyl (C=O) groups excluding carboxylic acids is 1. The Hall–Kier alpha value is -3.00. The molecule has 1 amide bonds. The number of carbonyl (C=O) groups is 1. The number of ether oxygens (including phenoxy) is 1. The van der Waals surface area contributed by atoms with Crippen LogP contribution in [0.15, 0.2) is 52.8 Å². The fraction of sp³-hybridized carbons (Fsp3) is 0.176. The molecule has 25 heavy (non-hydrogen) atoms. The zero-order valence-corrected chi connectivity index (χ0v) is 14.3. The van der Waals surface area contributed by atoms with Crippen molar-refractivity contribution in [1.29, 1.82) is 0 Å². The normalized spacial score (nSPS) is 10.4. The fourth-order valence-corrected chi connectivity index (χ4v) is 2.95. The second-order valence-corrected chi connectivity index (χ2v) is 6.02. The van der Waals surface area contributed by atoms with Gasteiger partial charge in [0.15, 0.2) is 0 Å². The van der Waals surface area contributed by atoms with Gasteiger partial charge in [-0.3, -0.25) is 9.59 Å². The van der Waals surface area contributed by atoms with Crippen LogP contribution in [-0.4, -0.2) is 34.3 Å². The van der Waals surface area contributed by atoms with Crippen molar-refractivity contribution in [3.05, 3.63) is 63.9 Å². The Morgan fingerprint density at radius 2 is 2.16 bits per heavy atom. The molecule has 3 heterocycles. The van der Waals surface area contributed by atoms with E-state index in [9.17, 15) is 9.59 Å². The summed E-state index contributed by atoms with van der Waals surface area (Å²) in [7, 11) is 1.46. The van der Waals surface area contributed by atoms with Crippen LogP contribution in [0, 0.1) is 0 Å². The quantitative estimate of drug-likeness (QED) is 0.728. The number of methoxy groups -OCH3 is 1. The molecule has 7 nitrogen and oxygen atoms in total. The van der Waals surface area contributed by atoms with Crippen LogP contribution in [0.2, 0.25) is 0 Å². The lowest BCUT2D eigenvalue weighted by Gasteiger charge is -2.09. The van der Waals surface area contributed by atoms with Gasteiger partial charge in [-0.1, -0.05) is 6.07 Å². The Bertz CT molecular complexity index is 922. The minimum absolute atomic E-state index is 0.214. The molecular weight excluding hydrogens is 340 g/mol. The van der Waals surface area contributed by atoms with E-state index in [1.54, 1.807) is 35.7 Å². The molecule has 3 aromatic rings. The summed E-state index contributed by atoms with van der Waals surface area (Å²) in [6.07, 6.45) is 1.55. The summed E-state index contributed by atoms with van der Waals surface area (Å²) in [5, 5.41) is 9.04. The Morgan fingerprint density at radius 1 is 1.28 bits per heavy atom. The molecule has 0 aliphatic heterocycles. The summed E-state index contributed by atoms with van der Waals surface area (Å²) in [5.74, 6) is -0.0533. The van der Waals surface area contributed by atoms with Gasteiger partial charge in [0.05, 0.1) is 18.5 Å². The van der Waals surface area contributed by atoms with E-state index in [4.69, 9.17) is 4.74 Å². The van der Waals surface area contributed by atoms with E-state index in [2.05, 4.69) is 15.4 Å². The lowest BCUT2D eigenvalue weighted by atomic mass is 10.2. The predicted octanol–water partition coefficient (Wildman–Crippen LogP) is 1.81. The average Bonchev–Trinajstić information content (AvgIpc) is 3.17. The van der Waals surface area contributed by atoms with Crippen molar-refractivity contribution in [1.82, 2.24) is 20.1 Å². The molecule has 0 bridgehead atoms. The standard InChI is InChI=1S/C17H16N4O3S/c1-24-17-12(4-2-8-19-17)16(23)18-9-10-21-15(22)7-6-13(20-21)14-5-3-11-25-14/h2-8,11H,9-10H2,1H3,(H,18,23). The number of nitrogens with zero attached hydrogens (tertiary/aromatic N) is 3. The Kier molecular flexibility index (Phi) is 5.20. The zero-order valence-electron chi connectivity index (χ0n) is 13.5. The van der Waals surface area contributed by atoms with Crippen molar-refractivity contribution in [2.45, 2.75) is 6.54 Å². The number of amides is 1. The second-order valence-electron chi connectivity index (χ2n) is 5.07. The van der Waals surface area contributed by atoms with Crippen LogP contribution in [0.5, 0.6) is 5.88 Å². The monoisotopic (exact) mass is 356 g/mol. The van der Waals surface area contributed by atoms with E-state index in [1.165, 1.54) is 17.9 Å². The Labute approximate surface area is 147 Å². The van der Waals surface area contributed by atoms with E-state index in [-0.39, 0.29) is 30.4 Å². The van der Waals surface area contributed by atoms with Crippen LogP contribution in [0.3, 0.4) is 0 Å². The third-order valence-electron chi connectivity index (χ3n) is 3.46. The van der Waals surface area contributed by atoms with Crippen molar-refractivity contribution in [3.8, 4) is 16.5 Å². The minimum atomic E-state index is -0.313. The molecule has 3 rings (SSSR count). The van der Waals surface area contributed by atoms with Crippen molar-refractivity contribution in [2.24, 2.45) is 0 Å². The van der Waals surface area contributed by atoms with Gasteiger partial charge in [-0.25, -0.2) is 9.67 Å². The largest absolute Gasteiger partial charge is 0.480 e. The first-order valence-electron chi connectivity index (χ1n) is 7.58. The topological polar surface area (TPSA) is 86.1 Å². The number of hydrogen-bond acceptors (Lipinski definition) is 6. The van der Waals surface area contributed by atoms with Crippen molar-refractivity contribution in [2.75, 3.05) is 13.7 Å². The average molecular weight is 356 g/mol. The molecule has 0 spiro atoms. The first-order valence-corrected chi connectivity index (χ1v) is 8.46. The lowest BCUT2D eigenvalue weighted by molar-refractivity contribution is 0.0948. The van der Waals surface area contributed by atoms with Crippen molar-refractivity contribution >= 4 is 17.2 Å². The molecule has 0 unspecified atom stereocenters. The van der Waals surface area contributed by atoms with Crippen molar-refractivity contribution in [3.63, 3.8) is 0 Å². The van der Waals surface area contributed by atoms with E-state index in [1.807, 2.05) is 17.5 Å². The predicted molar refractivity (Wildman–Crippen MR) is 94.9 cm³/mol. The number of hydrogen-bond donors (Lipinski definition) is 1. The molecule has 0 aliphatic carbocycles. The highest BCUT2D eigenvalue weighted by Crippen LogP contribution is 2.21. The maximum absolute atomic E-state index is 12.2. The SMILES string of the molecule is COc1ncccc1C(=O)NCCn1nc(-c2cccs2)ccc1=O. The van der Waals surface area contributed by atoms with Crippen LogP contribution >= 0.6 is 11.3 Å². The molecule has 0 aromatic carbocycles. The van der Waals surface area contributed by atoms with Gasteiger partial charge >= 0.3 is 0 Å². The van der Waals surface area contributed by atoms with Crippen molar-refractivity contribution < 1.29 is 9.53 Å². The summed E-state index contributed by atoms with van der Waals surface area (Å²) >= 11 is 1.55. The Balaban J connectivity index is 1.67. The minimum Gasteiger partial charge on any atom is -0.480 e. The number of rotatable bonds is 6. The number of nitrogens with one attached hydrogen (secondary N) is 1. The summed E-state index contributed by atoms with van der Waals surface area (Å²) in [4.78, 5) is 29.1. The molecule has 0 aliphatic rings. The van der Waals surface area contributed by atoms with Gasteiger partial charge in [0.2, 0.25) is 5.88 Å². The molecule has 1 N–H and O–H groups in total. The lowest BCUT2D eigenvalue weighted by Crippen LogP contribution is -2.32. The fourth-order valence-electron chi connectivity index (χ4n) is 2.26. The summed E-state index contributed by atoms with van der Waals surface area (Å²) in [5.41, 5.74) is 0.862. The molecule has 0 saturated heterocycles. The van der Waals surface area contributed by atoms with Crippen LogP contribution in [0.4, 0.5) is 0 Å². The smallest absolute Gasteiger partial charge is 0.266 e. The summed E-state index contributed by atoms with van der Waals surface area (Å²) in [6, 6.07) is 10.3. The third kappa shape index (κ3) is 3.92. The van der Waals surface area contributed by atoms with Gasteiger partial charge < -0.3 is 10.1 Å². The van der Waals surface area contributed by atoms with Gasteiger partial charge in [0.1, 0.15) is 11.3 Å². The van der Waals surface area contributed by atoms with Crippen LogP contribution in [0.1, 0.15) is 10.4 Å². The highest BCUT2D eigenvalue weighted by atomic mass is 32.1. The van der Waals surface area contributed by atoms with Gasteiger partial charge in [-0.05, 0) is 29.6 Å². The van der Waals surface area contributed by atoms with Gasteiger partial charge in [0.25, 0.3) is 11.5 Å². The zero-order chi connectivity index (χ0) is 17.6. The van der Waals surface area contributed by atoms with Crippen LogP contribution in [0.25, 0.3) is 10.6 Å². The molecule has 8 heteroatoms. The molecule has 0 atom stereocenters. The number of pyridine rings is 1. The number of thiophene rings is 1.